The van der Waals surface area contributed by atoms with E-state index in [1.165, 1.54) is 26.4 Å². The Morgan fingerprint density at radius 2 is 1.78 bits per heavy atom. The maximum Gasteiger partial charge on any atom is 0.269 e. The zero-order chi connectivity index (χ0) is 23.3. The standard InChI is InChI=1S/C21H18ClN3O5S2/c1-29-15-8-3-12(9-16(15)30-2)10-17-20(28)25(21(31)32-17)11-18(26)23-24-19(27)13-4-6-14(22)7-5-13/h3-10H,11H2,1-2H3,(H,23,26)(H,24,27)/b17-10-. The number of hydrogen-bond acceptors (Lipinski definition) is 7. The van der Waals surface area contributed by atoms with Crippen molar-refractivity contribution in [3.8, 4) is 11.5 Å². The van der Waals surface area contributed by atoms with Crippen molar-refractivity contribution in [2.24, 2.45) is 0 Å². The zero-order valence-electron chi connectivity index (χ0n) is 17.0. The van der Waals surface area contributed by atoms with Crippen LogP contribution in [-0.4, -0.2) is 47.7 Å². The lowest BCUT2D eigenvalue weighted by Gasteiger charge is -2.14. The van der Waals surface area contributed by atoms with Gasteiger partial charge in [0.05, 0.1) is 19.1 Å². The lowest BCUT2D eigenvalue weighted by atomic mass is 10.2. The van der Waals surface area contributed by atoms with Crippen molar-refractivity contribution in [2.45, 2.75) is 0 Å². The number of thioether (sulfide) groups is 1. The Balaban J connectivity index is 1.62. The predicted octanol–water partition coefficient (Wildman–Crippen LogP) is 3.02. The van der Waals surface area contributed by atoms with Crippen LogP contribution in [0.3, 0.4) is 0 Å². The Hall–Kier alpha value is -3.08. The summed E-state index contributed by atoms with van der Waals surface area (Å²) in [6.07, 6.45) is 1.65. The number of nitrogens with one attached hydrogen (secondary N) is 2. The van der Waals surface area contributed by atoms with Gasteiger partial charge in [0.15, 0.2) is 11.5 Å². The first kappa shape index (κ1) is 23.6. The second kappa shape index (κ2) is 10.5. The molecule has 3 rings (SSSR count). The van der Waals surface area contributed by atoms with Crippen LogP contribution in [0.1, 0.15) is 15.9 Å². The van der Waals surface area contributed by atoms with Gasteiger partial charge in [0.2, 0.25) is 0 Å². The quantitative estimate of drug-likeness (QED) is 0.364. The number of hydrazine groups is 1. The smallest absolute Gasteiger partial charge is 0.269 e. The SMILES string of the molecule is COc1ccc(/C=C2\SC(=S)N(CC(=O)NNC(=O)c3ccc(Cl)cc3)C2=O)cc1OC. The van der Waals surface area contributed by atoms with Crippen molar-refractivity contribution in [1.29, 1.82) is 0 Å². The van der Waals surface area contributed by atoms with E-state index in [1.54, 1.807) is 36.4 Å². The van der Waals surface area contributed by atoms with E-state index in [0.717, 1.165) is 16.7 Å². The third-order valence-electron chi connectivity index (χ3n) is 4.30. The lowest BCUT2D eigenvalue weighted by molar-refractivity contribution is -0.129. The van der Waals surface area contributed by atoms with Gasteiger partial charge in [-0.25, -0.2) is 0 Å². The molecule has 2 aromatic rings. The van der Waals surface area contributed by atoms with Crippen LogP contribution in [0.25, 0.3) is 6.08 Å². The largest absolute Gasteiger partial charge is 0.493 e. The molecule has 1 heterocycles. The lowest BCUT2D eigenvalue weighted by Crippen LogP contribution is -2.47. The van der Waals surface area contributed by atoms with Crippen molar-refractivity contribution in [2.75, 3.05) is 20.8 Å². The summed E-state index contributed by atoms with van der Waals surface area (Å²) in [7, 11) is 3.05. The highest BCUT2D eigenvalue weighted by Gasteiger charge is 2.33. The summed E-state index contributed by atoms with van der Waals surface area (Å²) in [6.45, 7) is -0.338. The number of carbonyl (C=O) groups excluding carboxylic acids is 3. The van der Waals surface area contributed by atoms with Crippen LogP contribution in [0.4, 0.5) is 0 Å². The molecule has 3 amide bonds. The molecule has 1 aliphatic rings. The Morgan fingerprint density at radius 3 is 2.44 bits per heavy atom. The van der Waals surface area contributed by atoms with Crippen LogP contribution in [0.15, 0.2) is 47.4 Å². The molecule has 2 aromatic carbocycles. The monoisotopic (exact) mass is 491 g/mol. The molecule has 0 aromatic heterocycles. The maximum atomic E-state index is 12.7. The minimum Gasteiger partial charge on any atom is -0.493 e. The molecule has 0 bridgehead atoms. The van der Waals surface area contributed by atoms with Crippen LogP contribution in [0.5, 0.6) is 11.5 Å². The average molecular weight is 492 g/mol. The summed E-state index contributed by atoms with van der Waals surface area (Å²) in [5.74, 6) is -0.444. The fraction of sp³-hybridized carbons (Fsp3) is 0.143. The van der Waals surface area contributed by atoms with Gasteiger partial charge in [0.1, 0.15) is 10.9 Å². The molecule has 1 fully saturated rings. The number of hydrogen-bond donors (Lipinski definition) is 2. The van der Waals surface area contributed by atoms with Crippen LogP contribution in [0, 0.1) is 0 Å². The van der Waals surface area contributed by atoms with Gasteiger partial charge in [-0.1, -0.05) is 41.6 Å². The average Bonchev–Trinajstić information content (AvgIpc) is 3.05. The molecule has 0 unspecified atom stereocenters. The Morgan fingerprint density at radius 1 is 1.09 bits per heavy atom. The molecule has 166 valence electrons. The highest BCUT2D eigenvalue weighted by molar-refractivity contribution is 8.26. The highest BCUT2D eigenvalue weighted by Crippen LogP contribution is 2.34. The fourth-order valence-electron chi connectivity index (χ4n) is 2.71. The van der Waals surface area contributed by atoms with E-state index in [4.69, 9.17) is 33.3 Å². The number of halogens is 1. The third-order valence-corrected chi connectivity index (χ3v) is 5.93. The predicted molar refractivity (Wildman–Crippen MR) is 126 cm³/mol. The molecule has 0 atom stereocenters. The molecular formula is C21H18ClN3O5S2. The van der Waals surface area contributed by atoms with Crippen molar-refractivity contribution in [1.82, 2.24) is 15.8 Å². The van der Waals surface area contributed by atoms with Crippen molar-refractivity contribution in [3.05, 3.63) is 63.5 Å². The number of rotatable bonds is 6. The van der Waals surface area contributed by atoms with Gasteiger partial charge in [0.25, 0.3) is 17.7 Å². The van der Waals surface area contributed by atoms with Crippen LogP contribution < -0.4 is 20.3 Å². The minimum atomic E-state index is -0.601. The first-order valence-corrected chi connectivity index (χ1v) is 10.7. The Labute approximate surface area is 198 Å². The molecule has 32 heavy (non-hydrogen) atoms. The van der Waals surface area contributed by atoms with E-state index in [2.05, 4.69) is 10.9 Å². The number of nitrogens with zero attached hydrogens (tertiary/aromatic N) is 1. The third kappa shape index (κ3) is 5.58. The fourth-order valence-corrected chi connectivity index (χ4v) is 4.09. The number of carbonyl (C=O) groups is 3. The molecule has 1 saturated heterocycles. The van der Waals surface area contributed by atoms with Gasteiger partial charge in [-0.3, -0.25) is 30.1 Å². The summed E-state index contributed by atoms with van der Waals surface area (Å²) in [5, 5.41) is 0.487. The Kier molecular flexibility index (Phi) is 7.73. The van der Waals surface area contributed by atoms with E-state index in [9.17, 15) is 14.4 Å². The maximum absolute atomic E-state index is 12.7. The number of ether oxygens (including phenoxy) is 2. The summed E-state index contributed by atoms with van der Waals surface area (Å²) >= 11 is 12.1. The number of thiocarbonyl (C=S) groups is 1. The molecule has 1 aliphatic heterocycles. The number of benzene rings is 2. The molecule has 8 nitrogen and oxygen atoms in total. The molecular weight excluding hydrogens is 474 g/mol. The van der Waals surface area contributed by atoms with Crippen molar-refractivity contribution < 1.29 is 23.9 Å². The second-order valence-corrected chi connectivity index (χ2v) is 8.50. The van der Waals surface area contributed by atoms with E-state index in [0.29, 0.717) is 32.6 Å². The van der Waals surface area contributed by atoms with Gasteiger partial charge in [0, 0.05) is 10.6 Å². The topological polar surface area (TPSA) is 97.0 Å². The van der Waals surface area contributed by atoms with Crippen molar-refractivity contribution >= 4 is 63.7 Å². The number of methoxy groups -OCH3 is 2. The summed E-state index contributed by atoms with van der Waals surface area (Å²) in [4.78, 5) is 38.6. The molecule has 0 saturated carbocycles. The van der Waals surface area contributed by atoms with Gasteiger partial charge < -0.3 is 9.47 Å². The first-order chi connectivity index (χ1) is 15.3. The van der Waals surface area contributed by atoms with E-state index >= 15 is 0 Å². The van der Waals surface area contributed by atoms with E-state index in [-0.39, 0.29) is 10.9 Å². The molecule has 0 aliphatic carbocycles. The van der Waals surface area contributed by atoms with E-state index in [1.807, 2.05) is 0 Å². The molecule has 11 heteroatoms. The van der Waals surface area contributed by atoms with Crippen LogP contribution in [0.2, 0.25) is 5.02 Å². The zero-order valence-corrected chi connectivity index (χ0v) is 19.4. The molecule has 2 N–H and O–H groups in total. The summed E-state index contributed by atoms with van der Waals surface area (Å²) in [5.41, 5.74) is 5.59. The summed E-state index contributed by atoms with van der Waals surface area (Å²) < 4.78 is 10.7. The first-order valence-electron chi connectivity index (χ1n) is 9.14. The van der Waals surface area contributed by atoms with Crippen LogP contribution in [-0.2, 0) is 9.59 Å². The highest BCUT2D eigenvalue weighted by atomic mass is 35.5. The molecule has 0 spiro atoms. The van der Waals surface area contributed by atoms with Crippen molar-refractivity contribution in [3.63, 3.8) is 0 Å². The minimum absolute atomic E-state index is 0.237. The van der Waals surface area contributed by atoms with Gasteiger partial charge in [-0.05, 0) is 48.0 Å². The Bertz CT molecular complexity index is 1110. The normalized spacial score (nSPS) is 14.5. The van der Waals surface area contributed by atoms with Gasteiger partial charge in [-0.15, -0.1) is 0 Å². The van der Waals surface area contributed by atoms with E-state index < -0.39 is 17.7 Å². The molecule has 0 radical (unpaired) electrons. The van der Waals surface area contributed by atoms with Crippen LogP contribution >= 0.6 is 35.6 Å². The summed E-state index contributed by atoms with van der Waals surface area (Å²) in [6, 6.07) is 11.4. The number of amides is 3. The van der Waals surface area contributed by atoms with Gasteiger partial charge in [-0.2, -0.15) is 0 Å². The van der Waals surface area contributed by atoms with Gasteiger partial charge >= 0.3 is 0 Å². The second-order valence-electron chi connectivity index (χ2n) is 6.39.